The van der Waals surface area contributed by atoms with Gasteiger partial charge in [0.2, 0.25) is 0 Å². The molecule has 0 atom stereocenters. The predicted octanol–water partition coefficient (Wildman–Crippen LogP) is 1.35. The van der Waals surface area contributed by atoms with E-state index in [4.69, 9.17) is 9.84 Å². The minimum absolute atomic E-state index is 0. The Balaban J connectivity index is 0.000001000. The monoisotopic (exact) mass is 155 g/mol. The molecule has 0 aliphatic heterocycles. The van der Waals surface area contributed by atoms with Crippen molar-refractivity contribution in [1.82, 2.24) is 6.15 Å². The molecule has 62 valence electrons. The third-order valence-corrected chi connectivity index (χ3v) is 1.34. The Morgan fingerprint density at radius 1 is 1.27 bits per heavy atom. The first-order valence-electron chi connectivity index (χ1n) is 3.10. The van der Waals surface area contributed by atoms with E-state index >= 15 is 0 Å². The molecule has 0 aliphatic rings. The Morgan fingerprint density at radius 3 is 2.18 bits per heavy atom. The molecule has 0 unspecified atom stereocenters. The van der Waals surface area contributed by atoms with Crippen LogP contribution in [0.2, 0.25) is 0 Å². The molecule has 0 spiro atoms. The van der Waals surface area contributed by atoms with Gasteiger partial charge in [0.15, 0.2) is 0 Å². The summed E-state index contributed by atoms with van der Waals surface area (Å²) in [6.07, 6.45) is 0. The van der Waals surface area contributed by atoms with Crippen molar-refractivity contribution in [3.63, 3.8) is 0 Å². The van der Waals surface area contributed by atoms with Gasteiger partial charge >= 0.3 is 0 Å². The molecular weight excluding hydrogens is 142 g/mol. The maximum atomic E-state index is 8.66. The van der Waals surface area contributed by atoms with Gasteiger partial charge in [-0.2, -0.15) is 0 Å². The fourth-order valence-electron chi connectivity index (χ4n) is 0.731. The van der Waals surface area contributed by atoms with Crippen LogP contribution in [0.5, 0.6) is 5.75 Å². The van der Waals surface area contributed by atoms with Gasteiger partial charge in [0.05, 0.1) is 13.7 Å². The summed E-state index contributed by atoms with van der Waals surface area (Å²) in [6.45, 7) is 0.0873. The van der Waals surface area contributed by atoms with Gasteiger partial charge in [0, 0.05) is 0 Å². The van der Waals surface area contributed by atoms with Gasteiger partial charge in [0.25, 0.3) is 0 Å². The Bertz CT molecular complexity index is 173. The first kappa shape index (κ1) is 9.94. The zero-order valence-electron chi connectivity index (χ0n) is 6.58. The number of rotatable bonds is 2. The minimum atomic E-state index is 0. The highest BCUT2D eigenvalue weighted by Gasteiger charge is 1.89. The van der Waals surface area contributed by atoms with Gasteiger partial charge in [-0.15, -0.1) is 0 Å². The molecule has 3 nitrogen and oxygen atoms in total. The molecule has 0 amide bonds. The van der Waals surface area contributed by atoms with E-state index in [9.17, 15) is 0 Å². The van der Waals surface area contributed by atoms with E-state index in [1.54, 1.807) is 7.11 Å². The van der Waals surface area contributed by atoms with E-state index in [0.29, 0.717) is 0 Å². The van der Waals surface area contributed by atoms with Crippen molar-refractivity contribution in [1.29, 1.82) is 0 Å². The summed E-state index contributed by atoms with van der Waals surface area (Å²) in [5, 5.41) is 8.66. The molecule has 0 saturated heterocycles. The quantitative estimate of drug-likeness (QED) is 0.677. The van der Waals surface area contributed by atoms with Gasteiger partial charge in [-0.1, -0.05) is 12.1 Å². The van der Waals surface area contributed by atoms with Crippen LogP contribution in [-0.4, -0.2) is 12.2 Å². The Labute approximate surface area is 66.2 Å². The summed E-state index contributed by atoms with van der Waals surface area (Å²) in [4.78, 5) is 0. The molecule has 0 bridgehead atoms. The molecule has 1 rings (SSSR count). The van der Waals surface area contributed by atoms with Crippen molar-refractivity contribution in [2.45, 2.75) is 6.61 Å². The third kappa shape index (κ3) is 2.57. The van der Waals surface area contributed by atoms with E-state index in [2.05, 4.69) is 0 Å². The fraction of sp³-hybridized carbons (Fsp3) is 0.250. The Morgan fingerprint density at radius 2 is 1.82 bits per heavy atom. The summed E-state index contributed by atoms with van der Waals surface area (Å²) >= 11 is 0. The number of hydrogen-bond donors (Lipinski definition) is 2. The highest BCUT2D eigenvalue weighted by Crippen LogP contribution is 2.10. The van der Waals surface area contributed by atoms with Crippen molar-refractivity contribution >= 4 is 0 Å². The zero-order valence-corrected chi connectivity index (χ0v) is 6.58. The number of ether oxygens (including phenoxy) is 1. The van der Waals surface area contributed by atoms with Gasteiger partial charge in [-0.3, -0.25) is 0 Å². The van der Waals surface area contributed by atoms with E-state index in [1.165, 1.54) is 0 Å². The minimum Gasteiger partial charge on any atom is -0.497 e. The standard InChI is InChI=1S/C8H10O2.H3N/c1-10-8-4-2-7(6-9)3-5-8;/h2-5,9H,6H2,1H3;1H3. The predicted molar refractivity (Wildman–Crippen MR) is 43.9 cm³/mol. The van der Waals surface area contributed by atoms with Crippen LogP contribution in [0.15, 0.2) is 24.3 Å². The fourth-order valence-corrected chi connectivity index (χ4v) is 0.731. The second-order valence-corrected chi connectivity index (χ2v) is 2.01. The van der Waals surface area contributed by atoms with Gasteiger partial charge < -0.3 is 16.0 Å². The Hall–Kier alpha value is -1.06. The number of hydrogen-bond acceptors (Lipinski definition) is 3. The number of benzene rings is 1. The van der Waals surface area contributed by atoms with Crippen LogP contribution in [0, 0.1) is 0 Å². The molecule has 0 fully saturated rings. The number of aliphatic hydroxyl groups is 1. The average Bonchev–Trinajstić information content (AvgIpc) is 2.05. The topological polar surface area (TPSA) is 64.5 Å². The second-order valence-electron chi connectivity index (χ2n) is 2.01. The first-order valence-corrected chi connectivity index (χ1v) is 3.10. The van der Waals surface area contributed by atoms with Crippen LogP contribution in [0.4, 0.5) is 0 Å². The van der Waals surface area contributed by atoms with Crippen LogP contribution in [0.25, 0.3) is 0 Å². The largest absolute Gasteiger partial charge is 0.497 e. The number of methoxy groups -OCH3 is 1. The van der Waals surface area contributed by atoms with Crippen LogP contribution in [0.3, 0.4) is 0 Å². The maximum absolute atomic E-state index is 8.66. The number of aliphatic hydroxyl groups excluding tert-OH is 1. The van der Waals surface area contributed by atoms with Crippen molar-refractivity contribution in [3.05, 3.63) is 29.8 Å². The van der Waals surface area contributed by atoms with Crippen molar-refractivity contribution < 1.29 is 9.84 Å². The normalized spacial score (nSPS) is 8.55. The summed E-state index contributed by atoms with van der Waals surface area (Å²) in [5.74, 6) is 0.817. The lowest BCUT2D eigenvalue weighted by atomic mass is 10.2. The molecule has 0 radical (unpaired) electrons. The molecule has 4 N–H and O–H groups in total. The van der Waals surface area contributed by atoms with Crippen molar-refractivity contribution in [3.8, 4) is 5.75 Å². The smallest absolute Gasteiger partial charge is 0.118 e. The summed E-state index contributed by atoms with van der Waals surface area (Å²) in [5.41, 5.74) is 0.904. The van der Waals surface area contributed by atoms with Gasteiger partial charge in [0.1, 0.15) is 5.75 Å². The molecule has 0 saturated carbocycles. The maximum Gasteiger partial charge on any atom is 0.118 e. The summed E-state index contributed by atoms with van der Waals surface area (Å²) in [7, 11) is 1.62. The van der Waals surface area contributed by atoms with Gasteiger partial charge in [-0.05, 0) is 17.7 Å². The lowest BCUT2D eigenvalue weighted by Crippen LogP contribution is -1.84. The molecule has 1 aromatic rings. The van der Waals surface area contributed by atoms with Crippen LogP contribution in [0.1, 0.15) is 5.56 Å². The van der Waals surface area contributed by atoms with Crippen LogP contribution < -0.4 is 10.9 Å². The molecule has 11 heavy (non-hydrogen) atoms. The first-order chi connectivity index (χ1) is 4.86. The second kappa shape index (κ2) is 4.71. The molecule has 0 aliphatic carbocycles. The average molecular weight is 155 g/mol. The van der Waals surface area contributed by atoms with E-state index in [-0.39, 0.29) is 12.8 Å². The molecular formula is C8H13NO2. The van der Waals surface area contributed by atoms with E-state index < -0.39 is 0 Å². The molecule has 3 heteroatoms. The highest BCUT2D eigenvalue weighted by molar-refractivity contribution is 5.26. The van der Waals surface area contributed by atoms with Crippen molar-refractivity contribution in [2.24, 2.45) is 0 Å². The zero-order chi connectivity index (χ0) is 7.40. The summed E-state index contributed by atoms with van der Waals surface area (Å²) < 4.78 is 4.93. The highest BCUT2D eigenvalue weighted by atomic mass is 16.5. The van der Waals surface area contributed by atoms with Crippen molar-refractivity contribution in [2.75, 3.05) is 7.11 Å². The lowest BCUT2D eigenvalue weighted by molar-refractivity contribution is 0.281. The lowest BCUT2D eigenvalue weighted by Gasteiger charge is -1.98. The molecule has 0 heterocycles. The van der Waals surface area contributed by atoms with E-state index in [0.717, 1.165) is 11.3 Å². The van der Waals surface area contributed by atoms with E-state index in [1.807, 2.05) is 24.3 Å². The molecule has 1 aromatic carbocycles. The summed E-state index contributed by atoms with van der Waals surface area (Å²) in [6, 6.07) is 7.31. The van der Waals surface area contributed by atoms with Crippen LogP contribution in [-0.2, 0) is 6.61 Å². The van der Waals surface area contributed by atoms with Crippen LogP contribution >= 0.6 is 0 Å². The third-order valence-electron chi connectivity index (χ3n) is 1.34. The Kier molecular flexibility index (Phi) is 4.26. The molecule has 0 aromatic heterocycles. The SMILES string of the molecule is COc1ccc(CO)cc1.N. The van der Waals surface area contributed by atoms with Gasteiger partial charge in [-0.25, -0.2) is 0 Å².